The summed E-state index contributed by atoms with van der Waals surface area (Å²) in [5, 5.41) is 2.73. The number of nitrogens with one attached hydrogen (secondary N) is 1. The Bertz CT molecular complexity index is 572. The maximum absolute atomic E-state index is 12.4. The minimum Gasteiger partial charge on any atom is -0.492 e. The Hall–Kier alpha value is -2.28. The lowest BCUT2D eigenvalue weighted by molar-refractivity contribution is -0.134. The average Bonchev–Trinajstić information content (AvgIpc) is 2.95. The Morgan fingerprint density at radius 1 is 1.21 bits per heavy atom. The van der Waals surface area contributed by atoms with Gasteiger partial charge in [0.1, 0.15) is 18.4 Å². The van der Waals surface area contributed by atoms with E-state index in [1.54, 1.807) is 11.9 Å². The third-order valence-electron chi connectivity index (χ3n) is 4.50. The topological polar surface area (TPSA) is 65.1 Å². The third kappa shape index (κ3) is 3.97. The molecular formula is C17H24N4O3. The van der Waals surface area contributed by atoms with Crippen LogP contribution in [0, 0.1) is 0 Å². The van der Waals surface area contributed by atoms with Crippen molar-refractivity contribution in [3.05, 3.63) is 30.3 Å². The molecule has 1 atom stereocenters. The molecule has 7 heteroatoms. The minimum absolute atomic E-state index is 0.0212. The normalized spacial score (nSPS) is 21.7. The number of hydrogen-bond acceptors (Lipinski definition) is 4. The maximum Gasteiger partial charge on any atom is 0.317 e. The number of rotatable bonds is 5. The second-order valence-electron chi connectivity index (χ2n) is 6.21. The summed E-state index contributed by atoms with van der Waals surface area (Å²) in [6.45, 7) is 4.99. The highest BCUT2D eigenvalue weighted by atomic mass is 16.5. The predicted molar refractivity (Wildman–Crippen MR) is 89.9 cm³/mol. The summed E-state index contributed by atoms with van der Waals surface area (Å²) in [5.41, 5.74) is 0. The van der Waals surface area contributed by atoms with E-state index in [2.05, 4.69) is 10.2 Å². The Labute approximate surface area is 142 Å². The van der Waals surface area contributed by atoms with Gasteiger partial charge in [0.2, 0.25) is 5.91 Å². The van der Waals surface area contributed by atoms with Crippen LogP contribution in [0.15, 0.2) is 30.3 Å². The molecule has 2 heterocycles. The van der Waals surface area contributed by atoms with Gasteiger partial charge in [-0.15, -0.1) is 0 Å². The van der Waals surface area contributed by atoms with Crippen LogP contribution < -0.4 is 10.1 Å². The van der Waals surface area contributed by atoms with Gasteiger partial charge in [-0.1, -0.05) is 18.2 Å². The molecule has 7 nitrogen and oxygen atoms in total. The van der Waals surface area contributed by atoms with Gasteiger partial charge >= 0.3 is 6.03 Å². The van der Waals surface area contributed by atoms with Crippen LogP contribution in [0.2, 0.25) is 0 Å². The molecular weight excluding hydrogens is 308 g/mol. The quantitative estimate of drug-likeness (QED) is 0.839. The average molecular weight is 332 g/mol. The number of carbonyl (C=O) groups excluding carboxylic acids is 2. The fourth-order valence-corrected chi connectivity index (χ4v) is 3.02. The molecule has 2 aliphatic heterocycles. The maximum atomic E-state index is 12.4. The van der Waals surface area contributed by atoms with Crippen molar-refractivity contribution in [2.24, 2.45) is 0 Å². The summed E-state index contributed by atoms with van der Waals surface area (Å²) in [6.07, 6.45) is 0. The van der Waals surface area contributed by atoms with E-state index in [-0.39, 0.29) is 11.9 Å². The molecule has 24 heavy (non-hydrogen) atoms. The lowest BCUT2D eigenvalue weighted by Gasteiger charge is -2.35. The highest BCUT2D eigenvalue weighted by Crippen LogP contribution is 2.10. The Balaban J connectivity index is 1.38. The van der Waals surface area contributed by atoms with E-state index in [0.717, 1.165) is 25.4 Å². The Morgan fingerprint density at radius 3 is 2.54 bits per heavy atom. The van der Waals surface area contributed by atoms with Crippen LogP contribution in [0.3, 0.4) is 0 Å². The molecule has 1 N–H and O–H groups in total. The lowest BCUT2D eigenvalue weighted by atomic mass is 10.2. The van der Waals surface area contributed by atoms with Crippen LogP contribution in [0.1, 0.15) is 0 Å². The largest absolute Gasteiger partial charge is 0.492 e. The van der Waals surface area contributed by atoms with Gasteiger partial charge in [-0.25, -0.2) is 4.79 Å². The molecule has 0 aliphatic carbocycles. The summed E-state index contributed by atoms with van der Waals surface area (Å²) in [5.74, 6) is 0.903. The van der Waals surface area contributed by atoms with Crippen molar-refractivity contribution in [3.63, 3.8) is 0 Å². The molecule has 130 valence electrons. The van der Waals surface area contributed by atoms with Crippen molar-refractivity contribution in [2.45, 2.75) is 6.04 Å². The zero-order valence-electron chi connectivity index (χ0n) is 14.0. The van der Waals surface area contributed by atoms with Crippen LogP contribution in [0.5, 0.6) is 5.75 Å². The molecule has 0 saturated carbocycles. The molecule has 3 rings (SSSR count). The van der Waals surface area contributed by atoms with Crippen molar-refractivity contribution >= 4 is 11.9 Å². The summed E-state index contributed by atoms with van der Waals surface area (Å²) in [7, 11) is 1.70. The predicted octanol–water partition coefficient (Wildman–Crippen LogP) is 0.233. The number of amides is 3. The summed E-state index contributed by atoms with van der Waals surface area (Å²) >= 11 is 0. The first kappa shape index (κ1) is 16.6. The lowest BCUT2D eigenvalue weighted by Crippen LogP contribution is -2.54. The van der Waals surface area contributed by atoms with Crippen molar-refractivity contribution in [1.29, 1.82) is 0 Å². The van der Waals surface area contributed by atoms with Crippen LogP contribution in [0.4, 0.5) is 4.79 Å². The molecule has 0 aromatic heterocycles. The first-order valence-electron chi connectivity index (χ1n) is 8.34. The Morgan fingerprint density at radius 2 is 1.92 bits per heavy atom. The van der Waals surface area contributed by atoms with Crippen molar-refractivity contribution in [3.8, 4) is 5.75 Å². The summed E-state index contributed by atoms with van der Waals surface area (Å²) in [4.78, 5) is 29.6. The third-order valence-corrected chi connectivity index (χ3v) is 4.50. The first-order chi connectivity index (χ1) is 11.6. The standard InChI is InChI=1S/C17H24N4O3/c1-19-13-15(18-17(19)23)16(22)21-9-7-20(8-10-21)11-12-24-14-5-3-2-4-6-14/h2-6,15H,7-13H2,1H3,(H,18,23)/t15-/m0/s1. The zero-order chi connectivity index (χ0) is 16.9. The molecule has 2 saturated heterocycles. The van der Waals surface area contributed by atoms with E-state index < -0.39 is 6.04 Å². The summed E-state index contributed by atoms with van der Waals surface area (Å²) in [6, 6.07) is 9.19. The highest BCUT2D eigenvalue weighted by Gasteiger charge is 2.34. The number of benzene rings is 1. The Kier molecular flexibility index (Phi) is 5.20. The molecule has 0 bridgehead atoms. The zero-order valence-corrected chi connectivity index (χ0v) is 14.0. The molecule has 2 fully saturated rings. The van der Waals surface area contributed by atoms with Gasteiger partial charge in [-0.3, -0.25) is 9.69 Å². The number of urea groups is 1. The van der Waals surface area contributed by atoms with Crippen molar-refractivity contribution in [1.82, 2.24) is 20.0 Å². The number of ether oxygens (including phenoxy) is 1. The second kappa shape index (κ2) is 7.53. The van der Waals surface area contributed by atoms with Gasteiger partial charge in [0.15, 0.2) is 0 Å². The molecule has 0 unspecified atom stereocenters. The van der Waals surface area contributed by atoms with Crippen molar-refractivity contribution in [2.75, 3.05) is 52.9 Å². The molecule has 1 aromatic carbocycles. The van der Waals surface area contributed by atoms with Gasteiger partial charge in [-0.2, -0.15) is 0 Å². The first-order valence-corrected chi connectivity index (χ1v) is 8.34. The molecule has 1 aromatic rings. The molecule has 0 radical (unpaired) electrons. The van der Waals surface area contributed by atoms with Gasteiger partial charge < -0.3 is 19.9 Å². The number of nitrogens with zero attached hydrogens (tertiary/aromatic N) is 3. The van der Waals surface area contributed by atoms with Gasteiger partial charge in [0.05, 0.1) is 6.54 Å². The van der Waals surface area contributed by atoms with E-state index in [4.69, 9.17) is 4.74 Å². The number of piperazine rings is 1. The number of hydrogen-bond donors (Lipinski definition) is 1. The fraction of sp³-hybridized carbons (Fsp3) is 0.529. The van der Waals surface area contributed by atoms with Crippen LogP contribution >= 0.6 is 0 Å². The summed E-state index contributed by atoms with van der Waals surface area (Å²) < 4.78 is 5.71. The SMILES string of the molecule is CN1C[C@@H](C(=O)N2CCN(CCOc3ccccc3)CC2)NC1=O. The fourth-order valence-electron chi connectivity index (χ4n) is 3.02. The van der Waals surface area contributed by atoms with Crippen molar-refractivity contribution < 1.29 is 14.3 Å². The van der Waals surface area contributed by atoms with E-state index >= 15 is 0 Å². The van der Waals surface area contributed by atoms with E-state index in [1.807, 2.05) is 35.2 Å². The second-order valence-corrected chi connectivity index (χ2v) is 6.21. The van der Waals surface area contributed by atoms with Crippen LogP contribution in [-0.2, 0) is 4.79 Å². The van der Waals surface area contributed by atoms with Crippen LogP contribution in [0.25, 0.3) is 0 Å². The van der Waals surface area contributed by atoms with Gasteiger partial charge in [-0.05, 0) is 12.1 Å². The highest BCUT2D eigenvalue weighted by molar-refractivity contribution is 5.90. The number of likely N-dealkylation sites (N-methyl/N-ethyl adjacent to an activating group) is 1. The van der Waals surface area contributed by atoms with Crippen LogP contribution in [-0.4, -0.2) is 85.6 Å². The number of para-hydroxylation sites is 1. The van der Waals surface area contributed by atoms with E-state index in [0.29, 0.717) is 26.2 Å². The monoisotopic (exact) mass is 332 g/mol. The minimum atomic E-state index is -0.407. The smallest absolute Gasteiger partial charge is 0.317 e. The van der Waals surface area contributed by atoms with Gasteiger partial charge in [0.25, 0.3) is 0 Å². The number of carbonyl (C=O) groups is 2. The molecule has 0 spiro atoms. The van der Waals surface area contributed by atoms with Gasteiger partial charge in [0, 0.05) is 39.8 Å². The molecule has 3 amide bonds. The van der Waals surface area contributed by atoms with E-state index in [9.17, 15) is 9.59 Å². The van der Waals surface area contributed by atoms with E-state index in [1.165, 1.54) is 0 Å². The molecule has 2 aliphatic rings.